The summed E-state index contributed by atoms with van der Waals surface area (Å²) in [5.74, 6) is -1.56. The van der Waals surface area contributed by atoms with Gasteiger partial charge in [-0.05, 0) is 18.4 Å². The van der Waals surface area contributed by atoms with Gasteiger partial charge in [0.05, 0.1) is 12.0 Å². The van der Waals surface area contributed by atoms with Crippen LogP contribution in [0.4, 0.5) is 0 Å². The molecule has 1 aliphatic rings. The van der Waals surface area contributed by atoms with Crippen LogP contribution in [0.1, 0.15) is 37.2 Å². The monoisotopic (exact) mass is 234 g/mol. The topological polar surface area (TPSA) is 57.5 Å². The molecular weight excluding hydrogens is 216 g/mol. The minimum absolute atomic E-state index is 0.149. The number of rotatable bonds is 3. The van der Waals surface area contributed by atoms with E-state index in [0.717, 1.165) is 31.2 Å². The molecule has 0 aliphatic heterocycles. The number of carbonyl (C=O) groups is 1. The second-order valence-corrected chi connectivity index (χ2v) is 4.74. The maximum atomic E-state index is 11.4. The molecule has 1 fully saturated rings. The van der Waals surface area contributed by atoms with Crippen LogP contribution in [0, 0.1) is 5.92 Å². The third-order valence-corrected chi connectivity index (χ3v) is 3.63. The number of carboxylic acids is 1. The van der Waals surface area contributed by atoms with Crippen LogP contribution in [0.3, 0.4) is 0 Å². The fourth-order valence-corrected chi connectivity index (χ4v) is 2.76. The number of benzene rings is 1. The lowest BCUT2D eigenvalue weighted by molar-refractivity contribution is -0.142. The maximum Gasteiger partial charge on any atom is 0.311 e. The van der Waals surface area contributed by atoms with E-state index >= 15 is 0 Å². The Labute approximate surface area is 101 Å². The summed E-state index contributed by atoms with van der Waals surface area (Å²) in [5.41, 5.74) is 0.797. The predicted molar refractivity (Wildman–Crippen MR) is 64.8 cm³/mol. The molecule has 0 aromatic heterocycles. The van der Waals surface area contributed by atoms with Gasteiger partial charge in [0.1, 0.15) is 0 Å². The third-order valence-electron chi connectivity index (χ3n) is 3.63. The lowest BCUT2D eigenvalue weighted by Crippen LogP contribution is -2.33. The molecule has 0 saturated heterocycles. The van der Waals surface area contributed by atoms with Gasteiger partial charge in [-0.1, -0.05) is 43.2 Å². The molecule has 3 nitrogen and oxygen atoms in total. The lowest BCUT2D eigenvalue weighted by atomic mass is 9.75. The normalized spacial score (nSPS) is 26.4. The molecule has 0 spiro atoms. The van der Waals surface area contributed by atoms with Crippen molar-refractivity contribution in [2.45, 2.75) is 37.7 Å². The number of hydrogen-bond acceptors (Lipinski definition) is 2. The minimum atomic E-state index is -0.831. The van der Waals surface area contributed by atoms with Crippen molar-refractivity contribution in [3.63, 3.8) is 0 Å². The second-order valence-electron chi connectivity index (χ2n) is 4.74. The molecular formula is C14H18O3. The van der Waals surface area contributed by atoms with Crippen LogP contribution < -0.4 is 0 Å². The highest BCUT2D eigenvalue weighted by Gasteiger charge is 2.35. The van der Waals surface area contributed by atoms with E-state index in [4.69, 9.17) is 0 Å². The first kappa shape index (κ1) is 12.1. The van der Waals surface area contributed by atoms with Crippen molar-refractivity contribution >= 4 is 5.97 Å². The molecule has 0 radical (unpaired) electrons. The van der Waals surface area contributed by atoms with E-state index in [-0.39, 0.29) is 5.92 Å². The molecule has 92 valence electrons. The van der Waals surface area contributed by atoms with Gasteiger partial charge < -0.3 is 10.2 Å². The van der Waals surface area contributed by atoms with E-state index in [2.05, 4.69) is 0 Å². The van der Waals surface area contributed by atoms with Crippen LogP contribution in [-0.2, 0) is 4.79 Å². The van der Waals surface area contributed by atoms with Gasteiger partial charge in [0, 0.05) is 5.92 Å². The van der Waals surface area contributed by atoms with E-state index in [1.807, 2.05) is 30.3 Å². The summed E-state index contributed by atoms with van der Waals surface area (Å²) >= 11 is 0. The zero-order valence-corrected chi connectivity index (χ0v) is 9.75. The molecule has 0 amide bonds. The molecule has 0 bridgehead atoms. The van der Waals surface area contributed by atoms with Gasteiger partial charge in [-0.2, -0.15) is 0 Å². The second kappa shape index (κ2) is 5.32. The minimum Gasteiger partial charge on any atom is -0.481 e. The van der Waals surface area contributed by atoms with Gasteiger partial charge in [0.15, 0.2) is 0 Å². The summed E-state index contributed by atoms with van der Waals surface area (Å²) in [4.78, 5) is 11.4. The summed E-state index contributed by atoms with van der Waals surface area (Å²) in [6.07, 6.45) is 3.05. The van der Waals surface area contributed by atoms with Gasteiger partial charge in [-0.15, -0.1) is 0 Å². The summed E-state index contributed by atoms with van der Waals surface area (Å²) in [6.45, 7) is 0. The van der Waals surface area contributed by atoms with Crippen molar-refractivity contribution in [1.82, 2.24) is 0 Å². The quantitative estimate of drug-likeness (QED) is 0.844. The zero-order chi connectivity index (χ0) is 12.3. The molecule has 1 aliphatic carbocycles. The first-order chi connectivity index (χ1) is 8.20. The molecule has 0 heterocycles. The Kier molecular flexibility index (Phi) is 3.79. The molecule has 2 N–H and O–H groups in total. The lowest BCUT2D eigenvalue weighted by Gasteiger charge is -2.32. The van der Waals surface area contributed by atoms with Crippen LogP contribution in [0.2, 0.25) is 0 Å². The average molecular weight is 234 g/mol. The van der Waals surface area contributed by atoms with Crippen molar-refractivity contribution in [3.8, 4) is 0 Å². The van der Waals surface area contributed by atoms with Crippen molar-refractivity contribution in [2.24, 2.45) is 5.92 Å². The van der Waals surface area contributed by atoms with E-state index in [1.54, 1.807) is 0 Å². The summed E-state index contributed by atoms with van der Waals surface area (Å²) < 4.78 is 0. The van der Waals surface area contributed by atoms with Gasteiger partial charge in [-0.3, -0.25) is 4.79 Å². The standard InChI is InChI=1S/C14H18O3/c15-12-9-5-4-8-11(12)13(14(16)17)10-6-2-1-3-7-10/h1-3,6-7,11-13,15H,4-5,8-9H2,(H,16,17)/t11-,12+,13+/m1/s1. The van der Waals surface area contributed by atoms with Gasteiger partial charge >= 0.3 is 5.97 Å². The van der Waals surface area contributed by atoms with Crippen LogP contribution in [0.25, 0.3) is 0 Å². The molecule has 1 aromatic rings. The first-order valence-corrected chi connectivity index (χ1v) is 6.16. The number of carboxylic acid groups (broad SMARTS) is 1. The summed E-state index contributed by atoms with van der Waals surface area (Å²) in [5, 5.41) is 19.4. The van der Waals surface area contributed by atoms with Crippen molar-refractivity contribution in [2.75, 3.05) is 0 Å². The Hall–Kier alpha value is -1.35. The van der Waals surface area contributed by atoms with E-state index < -0.39 is 18.0 Å². The SMILES string of the molecule is O=C(O)[C@@H](c1ccccc1)[C@@H]1CCCC[C@@H]1O. The number of hydrogen-bond donors (Lipinski definition) is 2. The first-order valence-electron chi connectivity index (χ1n) is 6.16. The fraction of sp³-hybridized carbons (Fsp3) is 0.500. The average Bonchev–Trinajstić information content (AvgIpc) is 2.33. The largest absolute Gasteiger partial charge is 0.481 e. The highest BCUT2D eigenvalue weighted by atomic mass is 16.4. The Morgan fingerprint density at radius 2 is 1.82 bits per heavy atom. The van der Waals surface area contributed by atoms with E-state index in [9.17, 15) is 15.0 Å². The predicted octanol–water partition coefficient (Wildman–Crippen LogP) is 2.41. The van der Waals surface area contributed by atoms with Gasteiger partial charge in [-0.25, -0.2) is 0 Å². The molecule has 1 saturated carbocycles. The molecule has 1 aromatic carbocycles. The Bertz CT molecular complexity index is 374. The summed E-state index contributed by atoms with van der Waals surface area (Å²) in [7, 11) is 0. The van der Waals surface area contributed by atoms with Crippen LogP contribution in [0.5, 0.6) is 0 Å². The van der Waals surface area contributed by atoms with E-state index in [0.29, 0.717) is 0 Å². The Balaban J connectivity index is 2.26. The molecule has 0 unspecified atom stereocenters. The van der Waals surface area contributed by atoms with Crippen molar-refractivity contribution in [1.29, 1.82) is 0 Å². The number of aliphatic carboxylic acids is 1. The highest BCUT2D eigenvalue weighted by Crippen LogP contribution is 2.36. The van der Waals surface area contributed by atoms with E-state index in [1.165, 1.54) is 0 Å². The van der Waals surface area contributed by atoms with Crippen LogP contribution in [0.15, 0.2) is 30.3 Å². The maximum absolute atomic E-state index is 11.4. The molecule has 3 atom stereocenters. The molecule has 3 heteroatoms. The van der Waals surface area contributed by atoms with Gasteiger partial charge in [0.2, 0.25) is 0 Å². The van der Waals surface area contributed by atoms with Crippen LogP contribution >= 0.6 is 0 Å². The third kappa shape index (κ3) is 2.67. The molecule has 17 heavy (non-hydrogen) atoms. The Morgan fingerprint density at radius 3 is 2.41 bits per heavy atom. The number of aliphatic hydroxyl groups is 1. The zero-order valence-electron chi connectivity index (χ0n) is 9.75. The highest BCUT2D eigenvalue weighted by molar-refractivity contribution is 5.76. The van der Waals surface area contributed by atoms with Gasteiger partial charge in [0.25, 0.3) is 0 Å². The molecule has 2 rings (SSSR count). The van der Waals surface area contributed by atoms with Crippen molar-refractivity contribution < 1.29 is 15.0 Å². The Morgan fingerprint density at radius 1 is 1.18 bits per heavy atom. The fourth-order valence-electron chi connectivity index (χ4n) is 2.76. The smallest absolute Gasteiger partial charge is 0.311 e. The number of aliphatic hydroxyl groups excluding tert-OH is 1. The summed E-state index contributed by atoms with van der Waals surface area (Å²) in [6, 6.07) is 9.24. The van der Waals surface area contributed by atoms with Crippen LogP contribution in [-0.4, -0.2) is 22.3 Å². The van der Waals surface area contributed by atoms with Crippen molar-refractivity contribution in [3.05, 3.63) is 35.9 Å².